The molecule has 0 bridgehead atoms. The second-order valence-electron chi connectivity index (χ2n) is 4.24. The molecule has 1 aromatic carbocycles. The SMILES string of the molecule is CC(=O)N1CCN(c2cccc(Cl)c2C#N)CC1. The predicted molar refractivity (Wildman–Crippen MR) is 70.6 cm³/mol. The van der Waals surface area contributed by atoms with Gasteiger partial charge in [-0.15, -0.1) is 0 Å². The molecule has 4 nitrogen and oxygen atoms in total. The summed E-state index contributed by atoms with van der Waals surface area (Å²) in [4.78, 5) is 15.2. The predicted octanol–water partition coefficient (Wildman–Crippen LogP) is 1.88. The Bertz CT molecular complexity index is 501. The minimum absolute atomic E-state index is 0.0984. The quantitative estimate of drug-likeness (QED) is 0.777. The molecule has 18 heavy (non-hydrogen) atoms. The van der Waals surface area contributed by atoms with Crippen LogP contribution < -0.4 is 4.90 Å². The number of hydrogen-bond donors (Lipinski definition) is 0. The van der Waals surface area contributed by atoms with Gasteiger partial charge in [0.2, 0.25) is 5.91 Å². The Hall–Kier alpha value is -1.73. The molecule has 0 aliphatic carbocycles. The molecule has 1 fully saturated rings. The van der Waals surface area contributed by atoms with Gasteiger partial charge in [0.05, 0.1) is 16.3 Å². The number of carbonyl (C=O) groups excluding carboxylic acids is 1. The summed E-state index contributed by atoms with van der Waals surface area (Å²) in [5.74, 6) is 0.0984. The highest BCUT2D eigenvalue weighted by Gasteiger charge is 2.21. The van der Waals surface area contributed by atoms with Crippen LogP contribution in [0.1, 0.15) is 12.5 Å². The highest BCUT2D eigenvalue weighted by atomic mass is 35.5. The van der Waals surface area contributed by atoms with Crippen LogP contribution in [-0.4, -0.2) is 37.0 Å². The molecule has 0 spiro atoms. The van der Waals surface area contributed by atoms with Crippen LogP contribution in [0, 0.1) is 11.3 Å². The van der Waals surface area contributed by atoms with Crippen LogP contribution in [0.5, 0.6) is 0 Å². The van der Waals surface area contributed by atoms with E-state index in [2.05, 4.69) is 11.0 Å². The zero-order valence-corrected chi connectivity index (χ0v) is 10.9. The standard InChI is InChI=1S/C13H14ClN3O/c1-10(18)16-5-7-17(8-6-16)13-4-2-3-12(14)11(13)9-15/h2-4H,5-8H2,1H3. The van der Waals surface area contributed by atoms with Gasteiger partial charge in [0, 0.05) is 33.1 Å². The number of anilines is 1. The molecule has 1 amide bonds. The van der Waals surface area contributed by atoms with Gasteiger partial charge in [-0.2, -0.15) is 5.26 Å². The van der Waals surface area contributed by atoms with Gasteiger partial charge in [0.25, 0.3) is 0 Å². The van der Waals surface area contributed by atoms with Crippen LogP contribution >= 0.6 is 11.6 Å². The molecule has 2 rings (SSSR count). The molecule has 1 aliphatic rings. The molecule has 0 N–H and O–H groups in total. The van der Waals surface area contributed by atoms with Gasteiger partial charge in [-0.1, -0.05) is 17.7 Å². The number of rotatable bonds is 1. The van der Waals surface area contributed by atoms with Crippen molar-refractivity contribution in [3.8, 4) is 6.07 Å². The number of halogens is 1. The molecule has 1 aliphatic heterocycles. The Morgan fingerprint density at radius 3 is 2.56 bits per heavy atom. The normalized spacial score (nSPS) is 15.4. The maximum atomic E-state index is 11.3. The number of piperazine rings is 1. The maximum Gasteiger partial charge on any atom is 0.219 e. The Balaban J connectivity index is 2.18. The monoisotopic (exact) mass is 263 g/mol. The third-order valence-corrected chi connectivity index (χ3v) is 3.48. The van der Waals surface area contributed by atoms with E-state index < -0.39 is 0 Å². The molecule has 5 heteroatoms. The lowest BCUT2D eigenvalue weighted by Gasteiger charge is -2.36. The zero-order valence-electron chi connectivity index (χ0n) is 10.2. The third kappa shape index (κ3) is 2.41. The number of amides is 1. The first kappa shape index (κ1) is 12.7. The highest BCUT2D eigenvalue weighted by molar-refractivity contribution is 6.32. The first-order valence-electron chi connectivity index (χ1n) is 5.82. The van der Waals surface area contributed by atoms with Gasteiger partial charge >= 0.3 is 0 Å². The summed E-state index contributed by atoms with van der Waals surface area (Å²) < 4.78 is 0. The first-order valence-corrected chi connectivity index (χ1v) is 6.20. The van der Waals surface area contributed by atoms with Crippen LogP contribution in [-0.2, 0) is 4.79 Å². The summed E-state index contributed by atoms with van der Waals surface area (Å²) in [5, 5.41) is 9.62. The smallest absolute Gasteiger partial charge is 0.219 e. The van der Waals surface area contributed by atoms with E-state index in [4.69, 9.17) is 16.9 Å². The van der Waals surface area contributed by atoms with Crippen molar-refractivity contribution in [1.29, 1.82) is 5.26 Å². The summed E-state index contributed by atoms with van der Waals surface area (Å²) in [6, 6.07) is 7.60. The topological polar surface area (TPSA) is 47.3 Å². The van der Waals surface area contributed by atoms with Crippen molar-refractivity contribution in [2.45, 2.75) is 6.92 Å². The van der Waals surface area contributed by atoms with E-state index in [9.17, 15) is 4.79 Å². The van der Waals surface area contributed by atoms with Crippen LogP contribution in [0.2, 0.25) is 5.02 Å². The Morgan fingerprint density at radius 2 is 2.00 bits per heavy atom. The lowest BCUT2D eigenvalue weighted by atomic mass is 10.1. The maximum absolute atomic E-state index is 11.3. The van der Waals surface area contributed by atoms with Crippen LogP contribution in [0.4, 0.5) is 5.69 Å². The van der Waals surface area contributed by atoms with E-state index in [1.807, 2.05) is 17.0 Å². The molecule has 94 valence electrons. The van der Waals surface area contributed by atoms with Crippen molar-refractivity contribution >= 4 is 23.2 Å². The fourth-order valence-corrected chi connectivity index (χ4v) is 2.36. The lowest BCUT2D eigenvalue weighted by molar-refractivity contribution is -0.129. The van der Waals surface area contributed by atoms with Gasteiger partial charge in [0.1, 0.15) is 6.07 Å². The van der Waals surface area contributed by atoms with Crippen molar-refractivity contribution < 1.29 is 4.79 Å². The van der Waals surface area contributed by atoms with E-state index >= 15 is 0 Å². The summed E-state index contributed by atoms with van der Waals surface area (Å²) in [6.45, 7) is 4.42. The molecule has 0 saturated carbocycles. The van der Waals surface area contributed by atoms with Gasteiger partial charge in [0.15, 0.2) is 0 Å². The molecular weight excluding hydrogens is 250 g/mol. The van der Waals surface area contributed by atoms with Gasteiger partial charge in [-0.05, 0) is 12.1 Å². The van der Waals surface area contributed by atoms with E-state index in [0.717, 1.165) is 18.8 Å². The number of hydrogen-bond acceptors (Lipinski definition) is 3. The largest absolute Gasteiger partial charge is 0.367 e. The van der Waals surface area contributed by atoms with Crippen molar-refractivity contribution in [2.24, 2.45) is 0 Å². The average Bonchev–Trinajstić information content (AvgIpc) is 2.38. The molecule has 1 aromatic rings. The van der Waals surface area contributed by atoms with Crippen LogP contribution in [0.25, 0.3) is 0 Å². The number of benzene rings is 1. The number of nitrogens with zero attached hydrogens (tertiary/aromatic N) is 3. The van der Waals surface area contributed by atoms with E-state index in [0.29, 0.717) is 23.7 Å². The van der Waals surface area contributed by atoms with E-state index in [1.54, 1.807) is 13.0 Å². The third-order valence-electron chi connectivity index (χ3n) is 3.17. The molecule has 1 saturated heterocycles. The zero-order chi connectivity index (χ0) is 13.1. The Kier molecular flexibility index (Phi) is 3.73. The molecule has 0 radical (unpaired) electrons. The molecule has 0 atom stereocenters. The van der Waals surface area contributed by atoms with E-state index in [1.165, 1.54) is 0 Å². The first-order chi connectivity index (χ1) is 8.63. The van der Waals surface area contributed by atoms with Crippen molar-refractivity contribution in [3.05, 3.63) is 28.8 Å². The fourth-order valence-electron chi connectivity index (χ4n) is 2.15. The summed E-state index contributed by atoms with van der Waals surface area (Å²) in [6.07, 6.45) is 0. The highest BCUT2D eigenvalue weighted by Crippen LogP contribution is 2.27. The summed E-state index contributed by atoms with van der Waals surface area (Å²) in [7, 11) is 0. The van der Waals surface area contributed by atoms with Gasteiger partial charge in [-0.25, -0.2) is 0 Å². The number of carbonyl (C=O) groups is 1. The fraction of sp³-hybridized carbons (Fsp3) is 0.385. The van der Waals surface area contributed by atoms with Crippen molar-refractivity contribution in [3.63, 3.8) is 0 Å². The molecule has 0 aromatic heterocycles. The summed E-state index contributed by atoms with van der Waals surface area (Å²) in [5.41, 5.74) is 1.36. The molecule has 0 unspecified atom stereocenters. The van der Waals surface area contributed by atoms with Crippen LogP contribution in [0.15, 0.2) is 18.2 Å². The van der Waals surface area contributed by atoms with Crippen molar-refractivity contribution in [1.82, 2.24) is 4.90 Å². The average molecular weight is 264 g/mol. The van der Waals surface area contributed by atoms with Gasteiger partial charge in [-0.3, -0.25) is 4.79 Å². The van der Waals surface area contributed by atoms with E-state index in [-0.39, 0.29) is 5.91 Å². The molecule has 1 heterocycles. The van der Waals surface area contributed by atoms with Crippen LogP contribution in [0.3, 0.4) is 0 Å². The Morgan fingerprint density at radius 1 is 1.33 bits per heavy atom. The minimum Gasteiger partial charge on any atom is -0.367 e. The lowest BCUT2D eigenvalue weighted by Crippen LogP contribution is -2.48. The number of nitriles is 1. The second-order valence-corrected chi connectivity index (χ2v) is 4.65. The summed E-state index contributed by atoms with van der Waals surface area (Å²) >= 11 is 6.01. The van der Waals surface area contributed by atoms with Gasteiger partial charge < -0.3 is 9.80 Å². The minimum atomic E-state index is 0.0984. The van der Waals surface area contributed by atoms with Crippen molar-refractivity contribution in [2.75, 3.05) is 31.1 Å². The second kappa shape index (κ2) is 5.28. The Labute approximate surface area is 111 Å². The molecular formula is C13H14ClN3O.